The lowest BCUT2D eigenvalue weighted by Gasteiger charge is -2.25. The average Bonchev–Trinajstić information content (AvgIpc) is 3.34. The van der Waals surface area contributed by atoms with Gasteiger partial charge in [0.1, 0.15) is 0 Å². The zero-order valence-corrected chi connectivity index (χ0v) is 13.4. The van der Waals surface area contributed by atoms with Crippen LogP contribution in [0.1, 0.15) is 37.5 Å². The van der Waals surface area contributed by atoms with Gasteiger partial charge in [0.15, 0.2) is 0 Å². The van der Waals surface area contributed by atoms with Crippen molar-refractivity contribution in [3.05, 3.63) is 22.4 Å². The molecule has 0 amide bonds. The van der Waals surface area contributed by atoms with Gasteiger partial charge in [-0.2, -0.15) is 4.31 Å². The summed E-state index contributed by atoms with van der Waals surface area (Å²) in [5.74, 6) is 0. The Morgan fingerprint density at radius 1 is 1.40 bits per heavy atom. The van der Waals surface area contributed by atoms with Crippen molar-refractivity contribution < 1.29 is 8.42 Å². The van der Waals surface area contributed by atoms with Gasteiger partial charge in [-0.1, -0.05) is 6.07 Å². The number of nitrogens with one attached hydrogen (secondary N) is 1. The molecule has 2 aliphatic rings. The van der Waals surface area contributed by atoms with Gasteiger partial charge in [0.05, 0.1) is 5.25 Å². The molecule has 4 nitrogen and oxygen atoms in total. The third-order valence-electron chi connectivity index (χ3n) is 3.95. The van der Waals surface area contributed by atoms with Gasteiger partial charge in [0.2, 0.25) is 10.0 Å². The fourth-order valence-corrected chi connectivity index (χ4v) is 4.80. The van der Waals surface area contributed by atoms with Gasteiger partial charge in [0, 0.05) is 30.1 Å². The molecule has 0 radical (unpaired) electrons. The van der Waals surface area contributed by atoms with Crippen molar-refractivity contribution in [3.8, 4) is 0 Å². The summed E-state index contributed by atoms with van der Waals surface area (Å²) in [5, 5.41) is 4.99. The number of hydrogen-bond donors (Lipinski definition) is 1. The molecule has 1 N–H and O–H groups in total. The van der Waals surface area contributed by atoms with Crippen molar-refractivity contribution in [1.82, 2.24) is 9.62 Å². The second-order valence-electron chi connectivity index (χ2n) is 5.89. The maximum Gasteiger partial charge on any atom is 0.218 e. The summed E-state index contributed by atoms with van der Waals surface area (Å²) in [6.07, 6.45) is 4.39. The summed E-state index contributed by atoms with van der Waals surface area (Å²) < 4.78 is 27.3. The molecule has 0 aliphatic heterocycles. The van der Waals surface area contributed by atoms with Crippen LogP contribution in [0.4, 0.5) is 0 Å². The first-order valence-electron chi connectivity index (χ1n) is 7.34. The van der Waals surface area contributed by atoms with Crippen molar-refractivity contribution in [1.29, 1.82) is 0 Å². The highest BCUT2D eigenvalue weighted by Gasteiger charge is 2.40. The SMILES string of the molecule is CC(CNC1CC1)S(=O)(=O)N(Cc1cccs1)C1CC1. The zero-order valence-electron chi connectivity index (χ0n) is 11.8. The normalized spacial score (nSPS) is 21.3. The molecule has 1 unspecified atom stereocenters. The van der Waals surface area contributed by atoms with E-state index in [9.17, 15) is 8.42 Å². The smallest absolute Gasteiger partial charge is 0.218 e. The maximum absolute atomic E-state index is 12.8. The third-order valence-corrected chi connectivity index (χ3v) is 7.08. The van der Waals surface area contributed by atoms with Crippen molar-refractivity contribution >= 4 is 21.4 Å². The number of thiophene rings is 1. The summed E-state index contributed by atoms with van der Waals surface area (Å²) >= 11 is 1.63. The Bertz CT molecular complexity index is 534. The molecular weight excluding hydrogens is 292 g/mol. The molecule has 2 fully saturated rings. The minimum absolute atomic E-state index is 0.227. The van der Waals surface area contributed by atoms with Crippen LogP contribution in [0.2, 0.25) is 0 Å². The van der Waals surface area contributed by atoms with Gasteiger partial charge < -0.3 is 5.32 Å². The van der Waals surface area contributed by atoms with Crippen molar-refractivity contribution in [3.63, 3.8) is 0 Å². The van der Waals surface area contributed by atoms with E-state index < -0.39 is 10.0 Å². The molecule has 2 aliphatic carbocycles. The molecule has 1 atom stereocenters. The number of nitrogens with zero attached hydrogens (tertiary/aromatic N) is 1. The van der Waals surface area contributed by atoms with Crippen LogP contribution < -0.4 is 5.32 Å². The molecule has 20 heavy (non-hydrogen) atoms. The molecule has 1 aromatic rings. The van der Waals surface area contributed by atoms with Gasteiger partial charge in [-0.3, -0.25) is 0 Å². The Kier molecular flexibility index (Phi) is 4.17. The molecule has 112 valence electrons. The van der Waals surface area contributed by atoms with Gasteiger partial charge in [-0.15, -0.1) is 11.3 Å². The zero-order chi connectivity index (χ0) is 14.2. The Hall–Kier alpha value is -0.430. The van der Waals surface area contributed by atoms with E-state index in [4.69, 9.17) is 0 Å². The van der Waals surface area contributed by atoms with Crippen LogP contribution in [0.15, 0.2) is 17.5 Å². The highest BCUT2D eigenvalue weighted by molar-refractivity contribution is 7.89. The molecule has 0 aromatic carbocycles. The number of rotatable bonds is 8. The molecule has 6 heteroatoms. The topological polar surface area (TPSA) is 49.4 Å². The largest absolute Gasteiger partial charge is 0.313 e. The van der Waals surface area contributed by atoms with Crippen LogP contribution in [-0.4, -0.2) is 36.6 Å². The van der Waals surface area contributed by atoms with E-state index in [0.717, 1.165) is 17.7 Å². The number of sulfonamides is 1. The maximum atomic E-state index is 12.8. The van der Waals surface area contributed by atoms with Gasteiger partial charge in [-0.05, 0) is 44.1 Å². The van der Waals surface area contributed by atoms with Crippen molar-refractivity contribution in [2.24, 2.45) is 0 Å². The van der Waals surface area contributed by atoms with Crippen LogP contribution in [-0.2, 0) is 16.6 Å². The van der Waals surface area contributed by atoms with Crippen LogP contribution >= 0.6 is 11.3 Å². The van der Waals surface area contributed by atoms with Gasteiger partial charge in [0.25, 0.3) is 0 Å². The Labute approximate surface area is 125 Å². The predicted molar refractivity (Wildman–Crippen MR) is 82.3 cm³/mol. The fraction of sp³-hybridized carbons (Fsp3) is 0.714. The molecule has 3 rings (SSSR count). The van der Waals surface area contributed by atoms with Crippen molar-refractivity contribution in [2.45, 2.75) is 56.5 Å². The van der Waals surface area contributed by atoms with Gasteiger partial charge in [-0.25, -0.2) is 8.42 Å². The van der Waals surface area contributed by atoms with E-state index in [1.54, 1.807) is 15.6 Å². The van der Waals surface area contributed by atoms with Crippen LogP contribution in [0.3, 0.4) is 0 Å². The third kappa shape index (κ3) is 3.42. The first kappa shape index (κ1) is 14.5. The average molecular weight is 314 g/mol. The van der Waals surface area contributed by atoms with E-state index in [1.807, 2.05) is 24.4 Å². The van der Waals surface area contributed by atoms with Crippen molar-refractivity contribution in [2.75, 3.05) is 6.54 Å². The van der Waals surface area contributed by atoms with E-state index in [2.05, 4.69) is 5.32 Å². The summed E-state index contributed by atoms with van der Waals surface area (Å²) in [7, 11) is -3.20. The first-order chi connectivity index (χ1) is 9.57. The van der Waals surface area contributed by atoms with E-state index >= 15 is 0 Å². The highest BCUT2D eigenvalue weighted by Crippen LogP contribution is 2.33. The lowest BCUT2D eigenvalue weighted by Crippen LogP contribution is -2.43. The summed E-state index contributed by atoms with van der Waals surface area (Å²) in [4.78, 5) is 1.13. The quantitative estimate of drug-likeness (QED) is 0.800. The Morgan fingerprint density at radius 2 is 2.15 bits per heavy atom. The fourth-order valence-electron chi connectivity index (χ4n) is 2.30. The molecule has 0 spiro atoms. The Balaban J connectivity index is 1.67. The lowest BCUT2D eigenvalue weighted by atomic mass is 10.4. The molecule has 1 aromatic heterocycles. The highest BCUT2D eigenvalue weighted by atomic mass is 32.2. The minimum atomic E-state index is -3.20. The lowest BCUT2D eigenvalue weighted by molar-refractivity contribution is 0.393. The summed E-state index contributed by atoms with van der Waals surface area (Å²) in [6, 6.07) is 4.78. The molecule has 0 saturated heterocycles. The van der Waals surface area contributed by atoms with Gasteiger partial charge >= 0.3 is 0 Å². The van der Waals surface area contributed by atoms with E-state index in [-0.39, 0.29) is 11.3 Å². The van der Waals surface area contributed by atoms with Crippen LogP contribution in [0.5, 0.6) is 0 Å². The first-order valence-corrected chi connectivity index (χ1v) is 9.72. The second-order valence-corrected chi connectivity index (χ2v) is 9.23. The minimum Gasteiger partial charge on any atom is -0.313 e. The van der Waals surface area contributed by atoms with E-state index in [0.29, 0.717) is 19.1 Å². The predicted octanol–water partition coefficient (Wildman–Crippen LogP) is 2.18. The molecule has 0 bridgehead atoms. The molecule has 2 saturated carbocycles. The molecular formula is C14H22N2O2S2. The summed E-state index contributed by atoms with van der Waals surface area (Å²) in [5.41, 5.74) is 0. The number of hydrogen-bond acceptors (Lipinski definition) is 4. The monoisotopic (exact) mass is 314 g/mol. The standard InChI is InChI=1S/C14H22N2O2S2/c1-11(9-15-12-4-5-12)20(17,18)16(13-6-7-13)10-14-3-2-8-19-14/h2-3,8,11-13,15H,4-7,9-10H2,1H3. The summed E-state index contributed by atoms with van der Waals surface area (Å²) in [6.45, 7) is 2.94. The van der Waals surface area contributed by atoms with Crippen LogP contribution in [0, 0.1) is 0 Å². The van der Waals surface area contributed by atoms with Crippen LogP contribution in [0.25, 0.3) is 0 Å². The molecule has 1 heterocycles. The van der Waals surface area contributed by atoms with E-state index in [1.165, 1.54) is 12.8 Å². The second kappa shape index (κ2) is 5.75. The Morgan fingerprint density at radius 3 is 2.70 bits per heavy atom.